The number of thiazole rings is 1. The third kappa shape index (κ3) is 5.59. The molecule has 0 spiro atoms. The van der Waals surface area contributed by atoms with Gasteiger partial charge in [0.2, 0.25) is 0 Å². The minimum Gasteiger partial charge on any atom is -0.380 e. The van der Waals surface area contributed by atoms with Gasteiger partial charge in [-0.25, -0.2) is 4.98 Å². The van der Waals surface area contributed by atoms with Gasteiger partial charge in [0.05, 0.1) is 11.6 Å². The van der Waals surface area contributed by atoms with Gasteiger partial charge in [0.15, 0.2) is 0 Å². The normalized spacial score (nSPS) is 14.1. The van der Waals surface area contributed by atoms with E-state index in [0.717, 1.165) is 19.8 Å². The molecule has 110 valence electrons. The number of nitrogens with zero attached hydrogens (tertiary/aromatic N) is 1. The molecule has 1 aromatic heterocycles. The Morgan fingerprint density at radius 3 is 2.53 bits per heavy atom. The quantitative estimate of drug-likeness (QED) is 0.831. The third-order valence-electron chi connectivity index (χ3n) is 3.04. The highest BCUT2D eigenvalue weighted by molar-refractivity contribution is 7.11. The summed E-state index contributed by atoms with van der Waals surface area (Å²) in [6.45, 7) is 15.5. The molecule has 0 bridgehead atoms. The second kappa shape index (κ2) is 7.36. The molecule has 0 aromatic carbocycles. The molecule has 0 saturated heterocycles. The van der Waals surface area contributed by atoms with E-state index in [-0.39, 0.29) is 5.41 Å². The fourth-order valence-electron chi connectivity index (χ4n) is 1.70. The van der Waals surface area contributed by atoms with Gasteiger partial charge >= 0.3 is 0 Å². The second-order valence-corrected chi connectivity index (χ2v) is 7.39. The standard InChI is InChI=1S/C15H28N2OS/c1-7-18-10-13(11(2)3)16-8-12-9-17-14(19-12)15(4,5)6/h9,11,13,16H,7-8,10H2,1-6H3. The molecule has 0 amide bonds. The Kier molecular flexibility index (Phi) is 6.43. The zero-order chi connectivity index (χ0) is 14.5. The Morgan fingerprint density at radius 2 is 2.05 bits per heavy atom. The van der Waals surface area contributed by atoms with E-state index in [2.05, 4.69) is 44.9 Å². The molecular formula is C15H28N2OS. The van der Waals surface area contributed by atoms with Crippen molar-refractivity contribution in [1.29, 1.82) is 0 Å². The zero-order valence-corrected chi connectivity index (χ0v) is 13.9. The summed E-state index contributed by atoms with van der Waals surface area (Å²) in [5.41, 5.74) is 0.145. The SMILES string of the molecule is CCOCC(NCc1cnc(C(C)(C)C)s1)C(C)C. The molecule has 1 unspecified atom stereocenters. The van der Waals surface area contributed by atoms with Crippen LogP contribution in [0.4, 0.5) is 0 Å². The highest BCUT2D eigenvalue weighted by Crippen LogP contribution is 2.26. The van der Waals surface area contributed by atoms with Gasteiger partial charge in [-0.2, -0.15) is 0 Å². The Morgan fingerprint density at radius 1 is 1.37 bits per heavy atom. The molecule has 0 fully saturated rings. The van der Waals surface area contributed by atoms with Crippen molar-refractivity contribution in [3.63, 3.8) is 0 Å². The van der Waals surface area contributed by atoms with Crippen LogP contribution in [-0.4, -0.2) is 24.2 Å². The first kappa shape index (κ1) is 16.6. The summed E-state index contributed by atoms with van der Waals surface area (Å²) in [6, 6.07) is 0.403. The summed E-state index contributed by atoms with van der Waals surface area (Å²) in [6.07, 6.45) is 2.00. The van der Waals surface area contributed by atoms with Crippen molar-refractivity contribution >= 4 is 11.3 Å². The van der Waals surface area contributed by atoms with Crippen LogP contribution in [0.15, 0.2) is 6.20 Å². The molecule has 1 rings (SSSR count). The lowest BCUT2D eigenvalue weighted by Crippen LogP contribution is -2.37. The van der Waals surface area contributed by atoms with E-state index in [4.69, 9.17) is 4.74 Å². The van der Waals surface area contributed by atoms with Gasteiger partial charge in [-0.15, -0.1) is 11.3 Å². The van der Waals surface area contributed by atoms with Crippen LogP contribution in [0.3, 0.4) is 0 Å². The Bertz CT molecular complexity index is 368. The van der Waals surface area contributed by atoms with Gasteiger partial charge < -0.3 is 10.1 Å². The first-order valence-electron chi connectivity index (χ1n) is 7.11. The lowest BCUT2D eigenvalue weighted by molar-refractivity contribution is 0.108. The van der Waals surface area contributed by atoms with E-state index >= 15 is 0 Å². The van der Waals surface area contributed by atoms with E-state index in [1.807, 2.05) is 13.1 Å². The van der Waals surface area contributed by atoms with Crippen molar-refractivity contribution in [3.8, 4) is 0 Å². The largest absolute Gasteiger partial charge is 0.380 e. The smallest absolute Gasteiger partial charge is 0.0981 e. The molecule has 0 aliphatic rings. The minimum atomic E-state index is 0.145. The monoisotopic (exact) mass is 284 g/mol. The molecule has 1 aromatic rings. The third-order valence-corrected chi connectivity index (χ3v) is 4.46. The Hall–Kier alpha value is -0.450. The maximum Gasteiger partial charge on any atom is 0.0981 e. The number of aromatic nitrogens is 1. The molecule has 1 N–H and O–H groups in total. The predicted molar refractivity (Wildman–Crippen MR) is 82.8 cm³/mol. The number of ether oxygens (including phenoxy) is 1. The number of hydrogen-bond donors (Lipinski definition) is 1. The van der Waals surface area contributed by atoms with Crippen LogP contribution in [-0.2, 0) is 16.7 Å². The molecule has 19 heavy (non-hydrogen) atoms. The summed E-state index contributed by atoms with van der Waals surface area (Å²) in [7, 11) is 0. The van der Waals surface area contributed by atoms with Gasteiger partial charge in [-0.3, -0.25) is 0 Å². The van der Waals surface area contributed by atoms with Crippen LogP contribution in [0.5, 0.6) is 0 Å². The molecule has 0 aliphatic heterocycles. The number of nitrogens with one attached hydrogen (secondary N) is 1. The maximum atomic E-state index is 5.53. The van der Waals surface area contributed by atoms with Crippen molar-refractivity contribution < 1.29 is 4.74 Å². The van der Waals surface area contributed by atoms with Crippen LogP contribution in [0.25, 0.3) is 0 Å². The van der Waals surface area contributed by atoms with Crippen molar-refractivity contribution in [2.45, 2.75) is 59.5 Å². The number of hydrogen-bond acceptors (Lipinski definition) is 4. The predicted octanol–water partition coefficient (Wildman–Crippen LogP) is 3.59. The number of rotatable bonds is 7. The molecule has 1 heterocycles. The highest BCUT2D eigenvalue weighted by atomic mass is 32.1. The van der Waals surface area contributed by atoms with Crippen molar-refractivity contribution in [2.75, 3.05) is 13.2 Å². The molecule has 0 saturated carbocycles. The molecule has 0 radical (unpaired) electrons. The first-order chi connectivity index (χ1) is 8.84. The fourth-order valence-corrected chi connectivity index (χ4v) is 2.62. The lowest BCUT2D eigenvalue weighted by Gasteiger charge is -2.21. The summed E-state index contributed by atoms with van der Waals surface area (Å²) < 4.78 is 5.53. The van der Waals surface area contributed by atoms with Crippen LogP contribution in [0.2, 0.25) is 0 Å². The summed E-state index contributed by atoms with van der Waals surface area (Å²) in [5.74, 6) is 0.571. The van der Waals surface area contributed by atoms with Gasteiger partial charge in [0, 0.05) is 35.7 Å². The summed E-state index contributed by atoms with van der Waals surface area (Å²) in [5, 5.41) is 4.78. The van der Waals surface area contributed by atoms with Crippen molar-refractivity contribution in [3.05, 3.63) is 16.1 Å². The van der Waals surface area contributed by atoms with E-state index in [9.17, 15) is 0 Å². The molecular weight excluding hydrogens is 256 g/mol. The molecule has 1 atom stereocenters. The minimum absolute atomic E-state index is 0.145. The second-order valence-electron chi connectivity index (χ2n) is 6.27. The van der Waals surface area contributed by atoms with Gasteiger partial charge in [-0.1, -0.05) is 34.6 Å². The topological polar surface area (TPSA) is 34.1 Å². The molecule has 0 aliphatic carbocycles. The summed E-state index contributed by atoms with van der Waals surface area (Å²) >= 11 is 1.80. The lowest BCUT2D eigenvalue weighted by atomic mass is 9.98. The van der Waals surface area contributed by atoms with Crippen LogP contribution < -0.4 is 5.32 Å². The molecule has 4 heteroatoms. The van der Waals surface area contributed by atoms with E-state index in [0.29, 0.717) is 12.0 Å². The zero-order valence-electron chi connectivity index (χ0n) is 13.1. The van der Waals surface area contributed by atoms with Crippen LogP contribution in [0.1, 0.15) is 51.4 Å². The Balaban J connectivity index is 2.52. The van der Waals surface area contributed by atoms with Gasteiger partial charge in [0.1, 0.15) is 0 Å². The average Bonchev–Trinajstić information content (AvgIpc) is 2.77. The van der Waals surface area contributed by atoms with Gasteiger partial charge in [0.25, 0.3) is 0 Å². The van der Waals surface area contributed by atoms with Crippen LogP contribution in [0, 0.1) is 5.92 Å². The van der Waals surface area contributed by atoms with Gasteiger partial charge in [-0.05, 0) is 12.8 Å². The van der Waals surface area contributed by atoms with E-state index < -0.39 is 0 Å². The van der Waals surface area contributed by atoms with E-state index in [1.165, 1.54) is 9.88 Å². The first-order valence-corrected chi connectivity index (χ1v) is 7.92. The fraction of sp³-hybridized carbons (Fsp3) is 0.800. The van der Waals surface area contributed by atoms with Crippen molar-refractivity contribution in [1.82, 2.24) is 10.3 Å². The maximum absolute atomic E-state index is 5.53. The Labute approximate surface area is 121 Å². The highest BCUT2D eigenvalue weighted by Gasteiger charge is 2.19. The summed E-state index contributed by atoms with van der Waals surface area (Å²) in [4.78, 5) is 5.82. The van der Waals surface area contributed by atoms with E-state index in [1.54, 1.807) is 11.3 Å². The van der Waals surface area contributed by atoms with Crippen LogP contribution >= 0.6 is 11.3 Å². The van der Waals surface area contributed by atoms with Crippen molar-refractivity contribution in [2.24, 2.45) is 5.92 Å². The molecule has 3 nitrogen and oxygen atoms in total. The average molecular weight is 284 g/mol.